The number of ether oxygens (including phenoxy) is 1. The van der Waals surface area contributed by atoms with Crippen LogP contribution < -0.4 is 0 Å². The van der Waals surface area contributed by atoms with Crippen molar-refractivity contribution in [1.82, 2.24) is 14.9 Å². The van der Waals surface area contributed by atoms with Crippen molar-refractivity contribution in [3.63, 3.8) is 0 Å². The smallest absolute Gasteiger partial charge is 0.256 e. The van der Waals surface area contributed by atoms with Gasteiger partial charge in [0, 0.05) is 19.7 Å². The first-order valence-corrected chi connectivity index (χ1v) is 8.88. The quantitative estimate of drug-likeness (QED) is 0.745. The molecule has 1 amide bonds. The van der Waals surface area contributed by atoms with Gasteiger partial charge in [-0.05, 0) is 42.7 Å². The van der Waals surface area contributed by atoms with Gasteiger partial charge < -0.3 is 14.6 Å². The van der Waals surface area contributed by atoms with Crippen LogP contribution in [0, 0.1) is 11.6 Å². The molecule has 0 radical (unpaired) electrons. The molecular formula is C20H19F2N3O2. The van der Waals surface area contributed by atoms with Crippen molar-refractivity contribution in [1.29, 1.82) is 0 Å². The van der Waals surface area contributed by atoms with Crippen LogP contribution in [0.3, 0.4) is 0 Å². The van der Waals surface area contributed by atoms with Crippen LogP contribution in [0.15, 0.2) is 42.7 Å². The zero-order valence-corrected chi connectivity index (χ0v) is 14.6. The second-order valence-electron chi connectivity index (χ2n) is 6.70. The molecule has 1 aromatic heterocycles. The van der Waals surface area contributed by atoms with Crippen molar-refractivity contribution in [2.24, 2.45) is 0 Å². The monoisotopic (exact) mass is 371 g/mol. The molecule has 0 saturated carbocycles. The lowest BCUT2D eigenvalue weighted by atomic mass is 10.1. The van der Waals surface area contributed by atoms with Crippen molar-refractivity contribution in [2.75, 3.05) is 13.2 Å². The fourth-order valence-corrected chi connectivity index (χ4v) is 3.46. The van der Waals surface area contributed by atoms with Gasteiger partial charge >= 0.3 is 0 Å². The number of imidazole rings is 1. The average Bonchev–Trinajstić information content (AvgIpc) is 3.31. The zero-order chi connectivity index (χ0) is 18.8. The van der Waals surface area contributed by atoms with Gasteiger partial charge in [-0.25, -0.2) is 13.8 Å². The van der Waals surface area contributed by atoms with Gasteiger partial charge in [-0.15, -0.1) is 0 Å². The number of aromatic nitrogens is 2. The summed E-state index contributed by atoms with van der Waals surface area (Å²) in [7, 11) is 0. The molecule has 140 valence electrons. The molecule has 1 N–H and O–H groups in total. The van der Waals surface area contributed by atoms with E-state index in [4.69, 9.17) is 4.74 Å². The standard InChI is InChI=1S/C20H19F2N3O2/c21-14-4-1-3-13(7-14)10-25(11-16-5-2-6-27-16)20(26)17-8-15(22)9-18-19(17)24-12-23-18/h1,3-4,7-9,12,16H,2,5-6,10-11H2,(H,23,24)/t16-/m1/s1. The number of aromatic amines is 1. The molecule has 2 aromatic carbocycles. The van der Waals surface area contributed by atoms with E-state index in [-0.39, 0.29) is 29.9 Å². The summed E-state index contributed by atoms with van der Waals surface area (Å²) in [5.41, 5.74) is 1.72. The molecule has 1 atom stereocenters. The molecule has 4 rings (SSSR count). The molecule has 1 aliphatic rings. The molecule has 0 unspecified atom stereocenters. The van der Waals surface area contributed by atoms with Crippen molar-refractivity contribution in [2.45, 2.75) is 25.5 Å². The topological polar surface area (TPSA) is 58.2 Å². The number of nitrogens with zero attached hydrogens (tertiary/aromatic N) is 2. The third-order valence-electron chi connectivity index (χ3n) is 4.72. The third kappa shape index (κ3) is 3.83. The first-order chi connectivity index (χ1) is 13.1. The first kappa shape index (κ1) is 17.6. The normalized spacial score (nSPS) is 16.7. The zero-order valence-electron chi connectivity index (χ0n) is 14.6. The van der Waals surface area contributed by atoms with Gasteiger partial charge in [0.25, 0.3) is 5.91 Å². The highest BCUT2D eigenvalue weighted by Crippen LogP contribution is 2.22. The molecule has 0 aliphatic carbocycles. The lowest BCUT2D eigenvalue weighted by Crippen LogP contribution is -2.37. The molecule has 1 saturated heterocycles. The molecule has 5 nitrogen and oxygen atoms in total. The van der Waals surface area contributed by atoms with E-state index in [0.29, 0.717) is 29.7 Å². The van der Waals surface area contributed by atoms with E-state index in [1.165, 1.54) is 30.6 Å². The van der Waals surface area contributed by atoms with Gasteiger partial charge in [0.15, 0.2) is 0 Å². The Morgan fingerprint density at radius 2 is 2.15 bits per heavy atom. The Morgan fingerprint density at radius 3 is 2.93 bits per heavy atom. The predicted molar refractivity (Wildman–Crippen MR) is 96.2 cm³/mol. The van der Waals surface area contributed by atoms with E-state index < -0.39 is 5.82 Å². The minimum absolute atomic E-state index is 0.0780. The number of carbonyl (C=O) groups excluding carboxylic acids is 1. The Balaban J connectivity index is 1.67. The number of carbonyl (C=O) groups is 1. The Kier molecular flexibility index (Phi) is 4.85. The maximum atomic E-state index is 14.0. The summed E-state index contributed by atoms with van der Waals surface area (Å²) in [5, 5.41) is 0. The van der Waals surface area contributed by atoms with E-state index >= 15 is 0 Å². The molecule has 1 fully saturated rings. The van der Waals surface area contributed by atoms with Crippen molar-refractivity contribution in [3.05, 3.63) is 65.5 Å². The van der Waals surface area contributed by atoms with Crippen LogP contribution >= 0.6 is 0 Å². The SMILES string of the molecule is O=C(c1cc(F)cc2[nH]cnc12)N(Cc1cccc(F)c1)C[C@H]1CCCO1. The number of hydrogen-bond donors (Lipinski definition) is 1. The summed E-state index contributed by atoms with van der Waals surface area (Å²) >= 11 is 0. The number of halogens is 2. The van der Waals surface area contributed by atoms with Crippen LogP contribution in [0.1, 0.15) is 28.8 Å². The van der Waals surface area contributed by atoms with Crippen LogP contribution in [0.5, 0.6) is 0 Å². The molecule has 2 heterocycles. The van der Waals surface area contributed by atoms with Gasteiger partial charge in [-0.3, -0.25) is 4.79 Å². The highest BCUT2D eigenvalue weighted by molar-refractivity contribution is 6.04. The van der Waals surface area contributed by atoms with Crippen LogP contribution in [0.4, 0.5) is 8.78 Å². The lowest BCUT2D eigenvalue weighted by Gasteiger charge is -2.26. The second kappa shape index (κ2) is 7.44. The third-order valence-corrected chi connectivity index (χ3v) is 4.72. The van der Waals surface area contributed by atoms with Gasteiger partial charge in [0.1, 0.15) is 17.2 Å². The summed E-state index contributed by atoms with van der Waals surface area (Å²) < 4.78 is 33.2. The molecular weight excluding hydrogens is 352 g/mol. The molecule has 3 aromatic rings. The number of hydrogen-bond acceptors (Lipinski definition) is 3. The van der Waals surface area contributed by atoms with E-state index in [1.54, 1.807) is 17.0 Å². The number of amides is 1. The fourth-order valence-electron chi connectivity index (χ4n) is 3.46. The molecule has 7 heteroatoms. The Labute approximate surface area is 155 Å². The summed E-state index contributed by atoms with van der Waals surface area (Å²) in [6.07, 6.45) is 3.15. The minimum Gasteiger partial charge on any atom is -0.376 e. The number of fused-ring (bicyclic) bond motifs is 1. The maximum absolute atomic E-state index is 14.0. The predicted octanol–water partition coefficient (Wildman–Crippen LogP) is 3.66. The highest BCUT2D eigenvalue weighted by Gasteiger charge is 2.26. The Bertz CT molecular complexity index is 967. The van der Waals surface area contributed by atoms with Crippen molar-refractivity contribution in [3.8, 4) is 0 Å². The van der Waals surface area contributed by atoms with Crippen LogP contribution in [0.25, 0.3) is 11.0 Å². The Hall–Kier alpha value is -2.80. The van der Waals surface area contributed by atoms with E-state index in [9.17, 15) is 13.6 Å². The summed E-state index contributed by atoms with van der Waals surface area (Å²) in [6, 6.07) is 8.61. The van der Waals surface area contributed by atoms with Crippen molar-refractivity contribution < 1.29 is 18.3 Å². The van der Waals surface area contributed by atoms with E-state index in [1.807, 2.05) is 0 Å². The molecule has 0 bridgehead atoms. The van der Waals surface area contributed by atoms with Crippen molar-refractivity contribution >= 4 is 16.9 Å². The van der Waals surface area contributed by atoms with Gasteiger partial charge in [0.2, 0.25) is 0 Å². The largest absolute Gasteiger partial charge is 0.376 e. The minimum atomic E-state index is -0.516. The van der Waals surface area contributed by atoms with E-state index in [2.05, 4.69) is 9.97 Å². The number of rotatable bonds is 5. The van der Waals surface area contributed by atoms with Gasteiger partial charge in [0.05, 0.1) is 23.5 Å². The summed E-state index contributed by atoms with van der Waals surface area (Å²) in [4.78, 5) is 21.8. The average molecular weight is 371 g/mol. The lowest BCUT2D eigenvalue weighted by molar-refractivity contribution is 0.0508. The molecule has 1 aliphatic heterocycles. The number of nitrogens with one attached hydrogen (secondary N) is 1. The highest BCUT2D eigenvalue weighted by atomic mass is 19.1. The summed E-state index contributed by atoms with van der Waals surface area (Å²) in [6.45, 7) is 1.23. The molecule has 27 heavy (non-hydrogen) atoms. The summed E-state index contributed by atoms with van der Waals surface area (Å²) in [5.74, 6) is -1.23. The fraction of sp³-hybridized carbons (Fsp3) is 0.300. The first-order valence-electron chi connectivity index (χ1n) is 8.88. The van der Waals surface area contributed by atoms with Crippen LogP contribution in [-0.2, 0) is 11.3 Å². The maximum Gasteiger partial charge on any atom is 0.256 e. The Morgan fingerprint density at radius 1 is 1.26 bits per heavy atom. The van der Waals surface area contributed by atoms with E-state index in [0.717, 1.165) is 12.8 Å². The second-order valence-corrected chi connectivity index (χ2v) is 6.70. The number of H-pyrrole nitrogens is 1. The number of benzene rings is 2. The van der Waals surface area contributed by atoms with Crippen LogP contribution in [-0.4, -0.2) is 40.0 Å². The van der Waals surface area contributed by atoms with Gasteiger partial charge in [-0.2, -0.15) is 0 Å². The molecule has 0 spiro atoms. The van der Waals surface area contributed by atoms with Gasteiger partial charge in [-0.1, -0.05) is 12.1 Å². The van der Waals surface area contributed by atoms with Crippen LogP contribution in [0.2, 0.25) is 0 Å².